The van der Waals surface area contributed by atoms with Gasteiger partial charge < -0.3 is 9.47 Å². The number of benzene rings is 2. The van der Waals surface area contributed by atoms with Crippen LogP contribution in [0.15, 0.2) is 45.8 Å². The molecule has 3 rings (SSSR count). The molecular weight excluding hydrogens is 478 g/mol. The Balaban J connectivity index is 1.83. The van der Waals surface area contributed by atoms with E-state index in [1.165, 1.54) is 7.11 Å². The van der Waals surface area contributed by atoms with E-state index in [2.05, 4.69) is 21.9 Å². The van der Waals surface area contributed by atoms with Crippen molar-refractivity contribution in [2.24, 2.45) is 0 Å². The largest absolute Gasteiger partial charge is 0.493 e. The van der Waals surface area contributed by atoms with E-state index in [4.69, 9.17) is 27.5 Å². The minimum absolute atomic E-state index is 0.0606. The molecule has 29 heavy (non-hydrogen) atoms. The maximum absolute atomic E-state index is 12.3. The van der Waals surface area contributed by atoms with Crippen LogP contribution in [0.2, 0.25) is 5.02 Å². The topological polar surface area (TPSA) is 55.8 Å². The number of carbonyl (C=O) groups is 2. The molecule has 1 aliphatic rings. The lowest BCUT2D eigenvalue weighted by Gasteiger charge is -2.13. The summed E-state index contributed by atoms with van der Waals surface area (Å²) in [7, 11) is 1.50. The molecule has 1 saturated heterocycles. The van der Waals surface area contributed by atoms with Gasteiger partial charge in [0.15, 0.2) is 11.5 Å². The predicted molar refractivity (Wildman–Crippen MR) is 118 cm³/mol. The monoisotopic (exact) mass is 491 g/mol. The molecule has 0 N–H and O–H groups in total. The van der Waals surface area contributed by atoms with E-state index >= 15 is 0 Å². The number of thioether (sulfide) groups is 1. The summed E-state index contributed by atoms with van der Waals surface area (Å²) < 4.78 is 12.2. The Morgan fingerprint density at radius 2 is 2.00 bits per heavy atom. The second kappa shape index (κ2) is 9.40. The van der Waals surface area contributed by atoms with Gasteiger partial charge in [0.05, 0.1) is 23.6 Å². The molecule has 0 saturated carbocycles. The van der Waals surface area contributed by atoms with Crippen LogP contribution in [0.5, 0.6) is 11.5 Å². The van der Waals surface area contributed by atoms with Crippen LogP contribution < -0.4 is 9.47 Å². The number of amides is 2. The highest BCUT2D eigenvalue weighted by Crippen LogP contribution is 2.39. The van der Waals surface area contributed by atoms with Crippen molar-refractivity contribution < 1.29 is 19.1 Å². The lowest BCUT2D eigenvalue weighted by Crippen LogP contribution is -2.28. The number of carbonyl (C=O) groups excluding carboxylic acids is 2. The van der Waals surface area contributed by atoms with E-state index in [-0.39, 0.29) is 11.4 Å². The molecule has 8 heteroatoms. The molecule has 1 fully saturated rings. The van der Waals surface area contributed by atoms with Crippen molar-refractivity contribution >= 4 is 56.5 Å². The van der Waals surface area contributed by atoms with Gasteiger partial charge in [0.1, 0.15) is 6.61 Å². The number of rotatable bonds is 6. The molecule has 0 aliphatic carbocycles. The van der Waals surface area contributed by atoms with Gasteiger partial charge >= 0.3 is 0 Å². The number of hydrogen-bond acceptors (Lipinski definition) is 5. The average molecular weight is 493 g/mol. The molecule has 1 aliphatic heterocycles. The third-order valence-electron chi connectivity index (χ3n) is 3.97. The first-order valence-corrected chi connectivity index (χ1v) is 10.3. The van der Waals surface area contributed by atoms with Crippen molar-refractivity contribution in [1.82, 2.24) is 4.90 Å². The van der Waals surface area contributed by atoms with Gasteiger partial charge in [-0.05, 0) is 53.2 Å². The van der Waals surface area contributed by atoms with Crippen LogP contribution in [-0.4, -0.2) is 29.7 Å². The Morgan fingerprint density at radius 1 is 1.28 bits per heavy atom. The zero-order valence-corrected chi connectivity index (χ0v) is 18.4. The summed E-state index contributed by atoms with van der Waals surface area (Å²) >= 11 is 10.6. The summed E-state index contributed by atoms with van der Waals surface area (Å²) in [5.41, 5.74) is 1.58. The Morgan fingerprint density at radius 3 is 2.66 bits per heavy atom. The van der Waals surface area contributed by atoms with Crippen molar-refractivity contribution in [1.29, 1.82) is 0 Å². The quantitative estimate of drug-likeness (QED) is 0.401. The Hall–Kier alpha value is -2.40. The highest BCUT2D eigenvalue weighted by atomic mass is 79.9. The highest BCUT2D eigenvalue weighted by molar-refractivity contribution is 9.10. The number of nitrogens with zero attached hydrogens (tertiary/aromatic N) is 1. The van der Waals surface area contributed by atoms with Crippen LogP contribution in [0.1, 0.15) is 11.1 Å². The smallest absolute Gasteiger partial charge is 0.294 e. The Labute approximate surface area is 186 Å². The third-order valence-corrected chi connectivity index (χ3v) is 5.69. The molecule has 2 aromatic carbocycles. The summed E-state index contributed by atoms with van der Waals surface area (Å²) in [6.45, 7) is 0.253. The molecular formula is C21H15BrClNO4S. The Kier molecular flexibility index (Phi) is 6.91. The van der Waals surface area contributed by atoms with Gasteiger partial charge in [-0.2, -0.15) is 0 Å². The molecule has 5 nitrogen and oxygen atoms in total. The maximum Gasteiger partial charge on any atom is 0.294 e. The number of imide groups is 1. The SMILES string of the molecule is C#CCN1C(=O)SC(=Cc2cc(Cl)c(OCc3ccc(Br)cc3)c(OC)c2)C1=O. The number of halogens is 2. The van der Waals surface area contributed by atoms with Crippen LogP contribution in [0, 0.1) is 12.3 Å². The van der Waals surface area contributed by atoms with Gasteiger partial charge in [-0.25, -0.2) is 0 Å². The normalized spacial score (nSPS) is 15.0. The zero-order chi connectivity index (χ0) is 21.0. The van der Waals surface area contributed by atoms with Gasteiger partial charge in [-0.15, -0.1) is 6.42 Å². The molecule has 148 valence electrons. The van der Waals surface area contributed by atoms with Crippen molar-refractivity contribution in [3.8, 4) is 23.8 Å². The van der Waals surface area contributed by atoms with E-state index in [9.17, 15) is 9.59 Å². The van der Waals surface area contributed by atoms with E-state index in [0.29, 0.717) is 28.7 Å². The molecule has 0 bridgehead atoms. The molecule has 0 radical (unpaired) electrons. The first-order valence-electron chi connectivity index (χ1n) is 8.36. The lowest BCUT2D eigenvalue weighted by molar-refractivity contribution is -0.122. The van der Waals surface area contributed by atoms with Gasteiger partial charge in [-0.1, -0.05) is 45.6 Å². The minimum Gasteiger partial charge on any atom is -0.493 e. The predicted octanol–water partition coefficient (Wildman–Crippen LogP) is 5.36. The summed E-state index contributed by atoms with van der Waals surface area (Å²) in [5, 5.41) is -0.0673. The molecule has 2 aromatic rings. The fraction of sp³-hybridized carbons (Fsp3) is 0.143. The van der Waals surface area contributed by atoms with Crippen molar-refractivity contribution in [3.63, 3.8) is 0 Å². The van der Waals surface area contributed by atoms with Gasteiger partial charge in [0.25, 0.3) is 11.1 Å². The maximum atomic E-state index is 12.3. The molecule has 0 aromatic heterocycles. The number of terminal acetylenes is 1. The van der Waals surface area contributed by atoms with Gasteiger partial charge in [0.2, 0.25) is 0 Å². The second-order valence-electron chi connectivity index (χ2n) is 5.92. The fourth-order valence-corrected chi connectivity index (χ4v) is 3.95. The van der Waals surface area contributed by atoms with E-state index in [0.717, 1.165) is 26.7 Å². The van der Waals surface area contributed by atoms with Crippen molar-refractivity contribution in [2.75, 3.05) is 13.7 Å². The summed E-state index contributed by atoms with van der Waals surface area (Å²) in [6, 6.07) is 11.1. The summed E-state index contributed by atoms with van der Waals surface area (Å²) in [6.07, 6.45) is 6.79. The molecule has 0 unspecified atom stereocenters. The highest BCUT2D eigenvalue weighted by Gasteiger charge is 2.34. The first-order chi connectivity index (χ1) is 13.9. The number of ether oxygens (including phenoxy) is 2. The van der Waals surface area contributed by atoms with E-state index in [1.54, 1.807) is 18.2 Å². The standard InChI is InChI=1S/C21H15BrClNO4S/c1-3-8-24-20(25)18(29-21(24)26)11-14-9-16(23)19(17(10-14)27-2)28-12-13-4-6-15(22)7-5-13/h1,4-7,9-11H,8,12H2,2H3. The molecule has 2 amide bonds. The summed E-state index contributed by atoms with van der Waals surface area (Å²) in [4.78, 5) is 25.5. The van der Waals surface area contributed by atoms with Crippen LogP contribution in [0.4, 0.5) is 4.79 Å². The van der Waals surface area contributed by atoms with Crippen LogP contribution in [0.3, 0.4) is 0 Å². The van der Waals surface area contributed by atoms with Crippen LogP contribution in [-0.2, 0) is 11.4 Å². The zero-order valence-electron chi connectivity index (χ0n) is 15.3. The first kappa shape index (κ1) is 21.3. The van der Waals surface area contributed by atoms with Crippen LogP contribution in [0.25, 0.3) is 6.08 Å². The van der Waals surface area contributed by atoms with Crippen molar-refractivity contribution in [3.05, 3.63) is 61.9 Å². The van der Waals surface area contributed by atoms with Gasteiger partial charge in [-0.3, -0.25) is 14.5 Å². The fourth-order valence-electron chi connectivity index (χ4n) is 2.58. The van der Waals surface area contributed by atoms with E-state index in [1.807, 2.05) is 24.3 Å². The average Bonchev–Trinajstić information content (AvgIpc) is 2.96. The van der Waals surface area contributed by atoms with E-state index < -0.39 is 11.1 Å². The molecule has 0 atom stereocenters. The van der Waals surface area contributed by atoms with Crippen LogP contribution >= 0.6 is 39.3 Å². The van der Waals surface area contributed by atoms with Gasteiger partial charge in [0, 0.05) is 4.47 Å². The molecule has 0 spiro atoms. The molecule has 1 heterocycles. The van der Waals surface area contributed by atoms with Crippen molar-refractivity contribution in [2.45, 2.75) is 6.61 Å². The minimum atomic E-state index is -0.427. The summed E-state index contributed by atoms with van der Waals surface area (Å²) in [5.74, 6) is 2.69. The third kappa shape index (κ3) is 4.96. The number of methoxy groups -OCH3 is 1. The lowest BCUT2D eigenvalue weighted by atomic mass is 10.1. The Bertz CT molecular complexity index is 1030. The number of hydrogen-bond donors (Lipinski definition) is 0. The second-order valence-corrected chi connectivity index (χ2v) is 8.24.